The zero-order valence-corrected chi connectivity index (χ0v) is 14.9. The van der Waals surface area contributed by atoms with Crippen molar-refractivity contribution >= 4 is 29.7 Å². The van der Waals surface area contributed by atoms with Crippen molar-refractivity contribution in [2.45, 2.75) is 44.7 Å². The topological polar surface area (TPSA) is 66.5 Å². The van der Waals surface area contributed by atoms with Crippen LogP contribution in [0.5, 0.6) is 0 Å². The molecular weight excluding hydrogens is 340 g/mol. The minimum Gasteiger partial charge on any atom is -0.352 e. The van der Waals surface area contributed by atoms with E-state index in [1.165, 1.54) is 0 Å². The van der Waals surface area contributed by atoms with Gasteiger partial charge in [0.05, 0.1) is 6.04 Å². The summed E-state index contributed by atoms with van der Waals surface area (Å²) in [5.74, 6) is -0.704. The van der Waals surface area contributed by atoms with Crippen LogP contribution in [0.15, 0.2) is 24.3 Å². The molecule has 1 saturated heterocycles. The summed E-state index contributed by atoms with van der Waals surface area (Å²) >= 11 is 5.86. The van der Waals surface area contributed by atoms with Gasteiger partial charge in [0.2, 0.25) is 11.8 Å². The molecule has 1 aromatic rings. The molecule has 3 rings (SSSR count). The Bertz CT molecular complexity index is 647. The van der Waals surface area contributed by atoms with Gasteiger partial charge in [-0.25, -0.2) is 0 Å². The van der Waals surface area contributed by atoms with Gasteiger partial charge in [0.1, 0.15) is 6.29 Å². The van der Waals surface area contributed by atoms with E-state index in [4.69, 9.17) is 11.6 Å². The van der Waals surface area contributed by atoms with Gasteiger partial charge in [-0.1, -0.05) is 30.2 Å². The molecule has 3 atom stereocenters. The molecule has 1 aromatic carbocycles. The van der Waals surface area contributed by atoms with Crippen LogP contribution in [-0.2, 0) is 20.9 Å². The van der Waals surface area contributed by atoms with Crippen molar-refractivity contribution < 1.29 is 14.4 Å². The highest BCUT2D eigenvalue weighted by Gasteiger charge is 2.42. The molecule has 0 bridgehead atoms. The SMILES string of the molecule is O=C[C@@H]1CCCN1C(=O)C1CCCC1C(=O)NCc1ccc(Cl)cc1. The molecule has 0 radical (unpaired) electrons. The molecule has 25 heavy (non-hydrogen) atoms. The number of carbonyl (C=O) groups is 3. The number of carbonyl (C=O) groups excluding carboxylic acids is 3. The third-order valence-corrected chi connectivity index (χ3v) is 5.54. The van der Waals surface area contributed by atoms with Crippen molar-refractivity contribution in [2.75, 3.05) is 6.54 Å². The summed E-state index contributed by atoms with van der Waals surface area (Å²) in [5.41, 5.74) is 0.971. The van der Waals surface area contributed by atoms with Gasteiger partial charge in [-0.05, 0) is 43.4 Å². The van der Waals surface area contributed by atoms with Crippen LogP contribution < -0.4 is 5.32 Å². The lowest BCUT2D eigenvalue weighted by molar-refractivity contribution is -0.142. The van der Waals surface area contributed by atoms with E-state index in [0.717, 1.165) is 44.0 Å². The number of likely N-dealkylation sites (tertiary alicyclic amines) is 1. The lowest BCUT2D eigenvalue weighted by Gasteiger charge is -2.27. The number of aldehydes is 1. The van der Waals surface area contributed by atoms with Gasteiger partial charge in [0.15, 0.2) is 0 Å². The van der Waals surface area contributed by atoms with Crippen molar-refractivity contribution in [1.29, 1.82) is 0 Å². The number of hydrogen-bond donors (Lipinski definition) is 1. The number of nitrogens with one attached hydrogen (secondary N) is 1. The minimum atomic E-state index is -0.314. The quantitative estimate of drug-likeness (QED) is 0.818. The van der Waals surface area contributed by atoms with E-state index >= 15 is 0 Å². The zero-order chi connectivity index (χ0) is 17.8. The summed E-state index contributed by atoms with van der Waals surface area (Å²) in [6, 6.07) is 7.01. The molecule has 5 nitrogen and oxygen atoms in total. The van der Waals surface area contributed by atoms with Crippen LogP contribution in [0.2, 0.25) is 5.02 Å². The molecule has 0 aromatic heterocycles. The standard InChI is InChI=1S/C19H23ClN2O3/c20-14-8-6-13(7-9-14)11-21-18(24)16-4-1-5-17(16)19(25)22-10-2-3-15(22)12-23/h6-9,12,15-17H,1-5,10-11H2,(H,21,24)/t15-,16?,17?/m0/s1. The summed E-state index contributed by atoms with van der Waals surface area (Å²) < 4.78 is 0. The average Bonchev–Trinajstić information content (AvgIpc) is 3.29. The number of nitrogens with zero attached hydrogens (tertiary/aromatic N) is 1. The molecule has 1 aliphatic carbocycles. The highest BCUT2D eigenvalue weighted by molar-refractivity contribution is 6.30. The van der Waals surface area contributed by atoms with E-state index < -0.39 is 0 Å². The van der Waals surface area contributed by atoms with Gasteiger partial charge in [-0.2, -0.15) is 0 Å². The smallest absolute Gasteiger partial charge is 0.227 e. The lowest BCUT2D eigenvalue weighted by Crippen LogP contribution is -2.44. The Labute approximate surface area is 152 Å². The van der Waals surface area contributed by atoms with Crippen LogP contribution in [0.4, 0.5) is 0 Å². The highest BCUT2D eigenvalue weighted by atomic mass is 35.5. The third kappa shape index (κ3) is 4.03. The van der Waals surface area contributed by atoms with E-state index in [-0.39, 0.29) is 29.7 Å². The van der Waals surface area contributed by atoms with Crippen LogP contribution in [0, 0.1) is 11.8 Å². The predicted octanol–water partition coefficient (Wildman–Crippen LogP) is 2.56. The molecule has 0 spiro atoms. The monoisotopic (exact) mass is 362 g/mol. The second-order valence-electron chi connectivity index (χ2n) is 6.87. The Morgan fingerprint density at radius 2 is 1.84 bits per heavy atom. The van der Waals surface area contributed by atoms with Crippen LogP contribution in [-0.4, -0.2) is 35.6 Å². The highest BCUT2D eigenvalue weighted by Crippen LogP contribution is 2.35. The second kappa shape index (κ2) is 8.00. The molecule has 2 fully saturated rings. The Balaban J connectivity index is 1.60. The van der Waals surface area contributed by atoms with E-state index in [0.29, 0.717) is 18.1 Å². The fraction of sp³-hybridized carbons (Fsp3) is 0.526. The summed E-state index contributed by atoms with van der Waals surface area (Å²) in [7, 11) is 0. The van der Waals surface area contributed by atoms with Crippen LogP contribution >= 0.6 is 11.6 Å². The number of hydrogen-bond acceptors (Lipinski definition) is 3. The molecule has 1 heterocycles. The first kappa shape index (κ1) is 17.9. The first-order chi connectivity index (χ1) is 12.1. The summed E-state index contributed by atoms with van der Waals surface area (Å²) in [6.45, 7) is 1.05. The lowest BCUT2D eigenvalue weighted by atomic mass is 9.93. The van der Waals surface area contributed by atoms with E-state index in [1.54, 1.807) is 17.0 Å². The summed E-state index contributed by atoms with van der Waals surface area (Å²) in [5, 5.41) is 3.60. The number of benzene rings is 1. The number of rotatable bonds is 5. The number of amides is 2. The van der Waals surface area contributed by atoms with Crippen LogP contribution in [0.1, 0.15) is 37.7 Å². The van der Waals surface area contributed by atoms with Gasteiger partial charge in [-0.15, -0.1) is 0 Å². The summed E-state index contributed by atoms with van der Waals surface area (Å²) in [4.78, 5) is 38.2. The zero-order valence-electron chi connectivity index (χ0n) is 14.1. The van der Waals surface area contributed by atoms with E-state index in [2.05, 4.69) is 5.32 Å². The summed E-state index contributed by atoms with van der Waals surface area (Å²) in [6.07, 6.45) is 4.76. The molecule has 6 heteroatoms. The Morgan fingerprint density at radius 3 is 2.56 bits per heavy atom. The van der Waals surface area contributed by atoms with Crippen LogP contribution in [0.3, 0.4) is 0 Å². The van der Waals surface area contributed by atoms with Gasteiger partial charge in [-0.3, -0.25) is 9.59 Å². The first-order valence-corrected chi connectivity index (χ1v) is 9.26. The van der Waals surface area contributed by atoms with Gasteiger partial charge >= 0.3 is 0 Å². The molecular formula is C19H23ClN2O3. The Morgan fingerprint density at radius 1 is 1.12 bits per heavy atom. The van der Waals surface area contributed by atoms with Crippen molar-refractivity contribution in [3.8, 4) is 0 Å². The Hall–Kier alpha value is -1.88. The predicted molar refractivity (Wildman–Crippen MR) is 94.9 cm³/mol. The average molecular weight is 363 g/mol. The fourth-order valence-corrected chi connectivity index (χ4v) is 4.04. The van der Waals surface area contributed by atoms with Gasteiger partial charge < -0.3 is 15.0 Å². The molecule has 2 unspecified atom stereocenters. The first-order valence-electron chi connectivity index (χ1n) is 8.88. The van der Waals surface area contributed by atoms with Crippen molar-refractivity contribution in [3.63, 3.8) is 0 Å². The van der Waals surface area contributed by atoms with Crippen molar-refractivity contribution in [3.05, 3.63) is 34.9 Å². The molecule has 1 saturated carbocycles. The van der Waals surface area contributed by atoms with Gasteiger partial charge in [0, 0.05) is 29.9 Å². The molecule has 1 N–H and O–H groups in total. The second-order valence-corrected chi connectivity index (χ2v) is 7.30. The third-order valence-electron chi connectivity index (χ3n) is 5.29. The maximum absolute atomic E-state index is 12.8. The maximum Gasteiger partial charge on any atom is 0.227 e. The van der Waals surface area contributed by atoms with Gasteiger partial charge in [0.25, 0.3) is 0 Å². The largest absolute Gasteiger partial charge is 0.352 e. The van der Waals surface area contributed by atoms with Crippen LogP contribution in [0.25, 0.3) is 0 Å². The van der Waals surface area contributed by atoms with Crippen molar-refractivity contribution in [1.82, 2.24) is 10.2 Å². The molecule has 134 valence electrons. The van der Waals surface area contributed by atoms with E-state index in [9.17, 15) is 14.4 Å². The molecule has 2 aliphatic rings. The van der Waals surface area contributed by atoms with E-state index in [1.807, 2.05) is 12.1 Å². The number of halogens is 1. The minimum absolute atomic E-state index is 0.0289. The van der Waals surface area contributed by atoms with Crippen molar-refractivity contribution in [2.24, 2.45) is 11.8 Å². The Kier molecular flexibility index (Phi) is 5.74. The normalized spacial score (nSPS) is 25.8. The fourth-order valence-electron chi connectivity index (χ4n) is 3.91. The maximum atomic E-state index is 12.8. The molecule has 1 aliphatic heterocycles. The molecule has 2 amide bonds.